The van der Waals surface area contributed by atoms with Gasteiger partial charge in [-0.25, -0.2) is 9.37 Å². The normalized spacial score (nSPS) is 18.0. The number of hydrogen-bond donors (Lipinski definition) is 1. The second-order valence-corrected chi connectivity index (χ2v) is 6.10. The van der Waals surface area contributed by atoms with Gasteiger partial charge in [-0.1, -0.05) is 17.7 Å². The molecule has 0 saturated carbocycles. The van der Waals surface area contributed by atoms with Crippen LogP contribution in [-0.2, 0) is 0 Å². The lowest BCUT2D eigenvalue weighted by Gasteiger charge is -2.16. The van der Waals surface area contributed by atoms with Crippen LogP contribution >= 0.6 is 22.9 Å². The fraction of sp³-hybridized carbons (Fsp3) is 0.286. The average molecular weight is 326 g/mol. The average Bonchev–Trinajstić information content (AvgIpc) is 3.08. The van der Waals surface area contributed by atoms with E-state index in [0.717, 1.165) is 18.1 Å². The van der Waals surface area contributed by atoms with Gasteiger partial charge in [-0.3, -0.25) is 4.79 Å². The van der Waals surface area contributed by atoms with Crippen LogP contribution in [0.5, 0.6) is 0 Å². The van der Waals surface area contributed by atoms with E-state index < -0.39 is 11.7 Å². The first kappa shape index (κ1) is 14.3. The second-order valence-electron chi connectivity index (χ2n) is 4.82. The van der Waals surface area contributed by atoms with Crippen molar-refractivity contribution in [2.75, 3.05) is 18.0 Å². The first-order valence-corrected chi connectivity index (χ1v) is 7.80. The van der Waals surface area contributed by atoms with Crippen molar-refractivity contribution < 1.29 is 9.18 Å². The van der Waals surface area contributed by atoms with Gasteiger partial charge in [-0.2, -0.15) is 0 Å². The monoisotopic (exact) mass is 325 g/mol. The smallest absolute Gasteiger partial charge is 0.256 e. The van der Waals surface area contributed by atoms with Crippen LogP contribution in [-0.4, -0.2) is 30.0 Å². The third-order valence-electron chi connectivity index (χ3n) is 3.40. The molecule has 1 amide bonds. The molecule has 1 aromatic carbocycles. The van der Waals surface area contributed by atoms with Gasteiger partial charge in [0, 0.05) is 30.7 Å². The molecule has 1 fully saturated rings. The Morgan fingerprint density at radius 3 is 3.10 bits per heavy atom. The quantitative estimate of drug-likeness (QED) is 0.943. The van der Waals surface area contributed by atoms with E-state index in [9.17, 15) is 9.18 Å². The number of thiazole rings is 1. The zero-order valence-corrected chi connectivity index (χ0v) is 12.6. The van der Waals surface area contributed by atoms with Gasteiger partial charge in [0.25, 0.3) is 5.91 Å². The highest BCUT2D eigenvalue weighted by Gasteiger charge is 2.27. The van der Waals surface area contributed by atoms with Crippen molar-refractivity contribution in [2.24, 2.45) is 0 Å². The van der Waals surface area contributed by atoms with Gasteiger partial charge in [-0.15, -0.1) is 11.3 Å². The van der Waals surface area contributed by atoms with E-state index in [0.29, 0.717) is 6.54 Å². The summed E-state index contributed by atoms with van der Waals surface area (Å²) in [5.74, 6) is -1.07. The maximum atomic E-state index is 13.7. The van der Waals surface area contributed by atoms with Gasteiger partial charge < -0.3 is 10.2 Å². The van der Waals surface area contributed by atoms with Gasteiger partial charge in [0.05, 0.1) is 10.6 Å². The molecule has 1 aromatic heterocycles. The molecule has 2 aromatic rings. The molecule has 7 heteroatoms. The first-order chi connectivity index (χ1) is 10.1. The number of carbonyl (C=O) groups is 1. The van der Waals surface area contributed by atoms with Gasteiger partial charge in [0.15, 0.2) is 5.13 Å². The molecule has 0 radical (unpaired) electrons. The molecule has 3 rings (SSSR count). The summed E-state index contributed by atoms with van der Waals surface area (Å²) >= 11 is 7.46. The van der Waals surface area contributed by atoms with Crippen LogP contribution in [0.1, 0.15) is 16.8 Å². The molecule has 110 valence electrons. The number of amides is 1. The lowest BCUT2D eigenvalue weighted by Crippen LogP contribution is -2.37. The Labute approximate surface area is 130 Å². The molecule has 1 aliphatic heterocycles. The lowest BCUT2D eigenvalue weighted by atomic mass is 10.1. The minimum absolute atomic E-state index is 0.0305. The molecule has 1 aliphatic rings. The highest BCUT2D eigenvalue weighted by atomic mass is 35.5. The lowest BCUT2D eigenvalue weighted by molar-refractivity contribution is 0.0936. The zero-order valence-electron chi connectivity index (χ0n) is 11.1. The Bertz CT molecular complexity index is 629. The van der Waals surface area contributed by atoms with E-state index in [-0.39, 0.29) is 16.6 Å². The number of rotatable bonds is 3. The van der Waals surface area contributed by atoms with Crippen molar-refractivity contribution >= 4 is 34.0 Å². The van der Waals surface area contributed by atoms with E-state index in [1.165, 1.54) is 18.2 Å². The molecular weight excluding hydrogens is 313 g/mol. The topological polar surface area (TPSA) is 45.2 Å². The summed E-state index contributed by atoms with van der Waals surface area (Å²) in [5, 5.41) is 5.83. The van der Waals surface area contributed by atoms with E-state index in [1.807, 2.05) is 5.38 Å². The number of anilines is 1. The predicted molar refractivity (Wildman–Crippen MR) is 81.6 cm³/mol. The van der Waals surface area contributed by atoms with E-state index in [4.69, 9.17) is 11.6 Å². The molecule has 1 N–H and O–H groups in total. The summed E-state index contributed by atoms with van der Waals surface area (Å²) in [4.78, 5) is 18.5. The highest BCUT2D eigenvalue weighted by Crippen LogP contribution is 2.23. The third-order valence-corrected chi connectivity index (χ3v) is 4.55. The number of nitrogens with one attached hydrogen (secondary N) is 1. The third kappa shape index (κ3) is 3.01. The first-order valence-electron chi connectivity index (χ1n) is 6.54. The van der Waals surface area contributed by atoms with Crippen molar-refractivity contribution in [3.8, 4) is 0 Å². The zero-order chi connectivity index (χ0) is 14.8. The summed E-state index contributed by atoms with van der Waals surface area (Å²) in [6, 6.07) is 4.19. The van der Waals surface area contributed by atoms with Gasteiger partial charge >= 0.3 is 0 Å². The van der Waals surface area contributed by atoms with Crippen molar-refractivity contribution in [3.05, 3.63) is 46.2 Å². The summed E-state index contributed by atoms with van der Waals surface area (Å²) in [7, 11) is 0. The van der Waals surface area contributed by atoms with Crippen molar-refractivity contribution in [1.82, 2.24) is 10.3 Å². The number of hydrogen-bond acceptors (Lipinski definition) is 4. The van der Waals surface area contributed by atoms with Crippen LogP contribution in [0.2, 0.25) is 5.02 Å². The molecule has 0 spiro atoms. The van der Waals surface area contributed by atoms with Crippen LogP contribution in [0.3, 0.4) is 0 Å². The summed E-state index contributed by atoms with van der Waals surface area (Å²) in [5.41, 5.74) is -0.0909. The molecule has 4 nitrogen and oxygen atoms in total. The largest absolute Gasteiger partial charge is 0.347 e. The van der Waals surface area contributed by atoms with E-state index in [1.54, 1.807) is 17.5 Å². The van der Waals surface area contributed by atoms with Crippen LogP contribution in [0, 0.1) is 5.82 Å². The second kappa shape index (κ2) is 5.99. The standard InChI is InChI=1S/C14H13ClFN3OS/c15-10-2-1-3-11(16)12(10)13(20)18-9-4-6-19(8-9)14-17-5-7-21-14/h1-3,5,7,9H,4,6,8H2,(H,18,20). The number of aromatic nitrogens is 1. The minimum Gasteiger partial charge on any atom is -0.347 e. The van der Waals surface area contributed by atoms with E-state index in [2.05, 4.69) is 15.2 Å². The molecule has 0 bridgehead atoms. The van der Waals surface area contributed by atoms with Crippen LogP contribution in [0.25, 0.3) is 0 Å². The Morgan fingerprint density at radius 2 is 2.38 bits per heavy atom. The maximum Gasteiger partial charge on any atom is 0.256 e. The molecule has 1 saturated heterocycles. The predicted octanol–water partition coefficient (Wildman–Crippen LogP) is 2.94. The highest BCUT2D eigenvalue weighted by molar-refractivity contribution is 7.13. The molecular formula is C14H13ClFN3OS. The minimum atomic E-state index is -0.602. The van der Waals surface area contributed by atoms with Gasteiger partial charge in [0.2, 0.25) is 0 Å². The van der Waals surface area contributed by atoms with Crippen molar-refractivity contribution in [1.29, 1.82) is 0 Å². The fourth-order valence-electron chi connectivity index (χ4n) is 2.40. The Hall–Kier alpha value is -1.66. The Balaban J connectivity index is 1.66. The number of benzene rings is 1. The molecule has 0 aliphatic carbocycles. The fourth-order valence-corrected chi connectivity index (χ4v) is 3.33. The summed E-state index contributed by atoms with van der Waals surface area (Å²) in [6.07, 6.45) is 2.56. The molecule has 2 heterocycles. The van der Waals surface area contributed by atoms with Crippen LogP contribution in [0.4, 0.5) is 9.52 Å². The van der Waals surface area contributed by atoms with Crippen LogP contribution in [0.15, 0.2) is 29.8 Å². The van der Waals surface area contributed by atoms with Gasteiger partial charge in [0.1, 0.15) is 5.82 Å². The van der Waals surface area contributed by atoms with Crippen molar-refractivity contribution in [2.45, 2.75) is 12.5 Å². The molecule has 1 unspecified atom stereocenters. The van der Waals surface area contributed by atoms with Crippen molar-refractivity contribution in [3.63, 3.8) is 0 Å². The molecule has 21 heavy (non-hydrogen) atoms. The van der Waals surface area contributed by atoms with Crippen LogP contribution < -0.4 is 10.2 Å². The SMILES string of the molecule is O=C(NC1CCN(c2nccs2)C1)c1c(F)cccc1Cl. The number of halogens is 2. The number of nitrogens with zero attached hydrogens (tertiary/aromatic N) is 2. The van der Waals surface area contributed by atoms with E-state index >= 15 is 0 Å². The molecule has 1 atom stereocenters. The Kier molecular flexibility index (Phi) is 4.07. The summed E-state index contributed by atoms with van der Waals surface area (Å²) < 4.78 is 13.7. The number of carbonyl (C=O) groups excluding carboxylic acids is 1. The Morgan fingerprint density at radius 1 is 1.52 bits per heavy atom. The maximum absolute atomic E-state index is 13.7. The van der Waals surface area contributed by atoms with Gasteiger partial charge in [-0.05, 0) is 18.6 Å². The summed E-state index contributed by atoms with van der Waals surface area (Å²) in [6.45, 7) is 1.49.